The molecule has 0 aromatic carbocycles. The van der Waals surface area contributed by atoms with Gasteiger partial charge < -0.3 is 15.2 Å². The number of likely N-dealkylation sites (tertiary alicyclic amines) is 1. The Bertz CT molecular complexity index is 1280. The van der Waals surface area contributed by atoms with Crippen LogP contribution in [-0.2, 0) is 4.79 Å². The van der Waals surface area contributed by atoms with Crippen LogP contribution in [0.3, 0.4) is 0 Å². The minimum absolute atomic E-state index is 0.192. The van der Waals surface area contributed by atoms with E-state index in [9.17, 15) is 4.79 Å². The molecule has 2 aliphatic rings. The van der Waals surface area contributed by atoms with Crippen LogP contribution in [0.15, 0.2) is 37.1 Å². The molecule has 0 atom stereocenters. The number of pyridine rings is 1. The molecule has 158 valence electrons. The van der Waals surface area contributed by atoms with Crippen LogP contribution in [0, 0.1) is 5.41 Å². The predicted octanol–water partition coefficient (Wildman–Crippen LogP) is 2.87. The maximum atomic E-state index is 11.6. The Labute approximate surface area is 178 Å². The Morgan fingerprint density at radius 2 is 2.10 bits per heavy atom. The normalized spacial score (nSPS) is 18.5. The number of carbonyl (C=O) groups is 1. The fourth-order valence-electron chi connectivity index (χ4n) is 5.18. The number of nitrogens with one attached hydrogen (secondary N) is 2. The maximum Gasteiger partial charge on any atom is 0.224 e. The highest BCUT2D eigenvalue weighted by molar-refractivity contribution is 5.93. The minimum Gasteiger partial charge on any atom is -0.351 e. The van der Waals surface area contributed by atoms with Crippen LogP contribution in [-0.4, -0.2) is 59.5 Å². The highest BCUT2D eigenvalue weighted by atomic mass is 16.2. The van der Waals surface area contributed by atoms with Gasteiger partial charge in [0.2, 0.25) is 11.9 Å². The second-order valence-corrected chi connectivity index (χ2v) is 8.93. The second-order valence-electron chi connectivity index (χ2n) is 8.93. The van der Waals surface area contributed by atoms with E-state index in [0.29, 0.717) is 17.4 Å². The fraction of sp³-hybridized carbons (Fsp3) is 0.409. The van der Waals surface area contributed by atoms with E-state index in [1.165, 1.54) is 0 Å². The molecule has 0 unspecified atom stereocenters. The molecule has 9 nitrogen and oxygen atoms in total. The van der Waals surface area contributed by atoms with Crippen LogP contribution >= 0.6 is 0 Å². The van der Waals surface area contributed by atoms with Crippen molar-refractivity contribution >= 4 is 28.5 Å². The van der Waals surface area contributed by atoms with Gasteiger partial charge in [-0.2, -0.15) is 4.98 Å². The molecular formula is C22H24N8O. The number of hydrogen-bond acceptors (Lipinski definition) is 6. The molecule has 0 bridgehead atoms. The Morgan fingerprint density at radius 3 is 2.90 bits per heavy atom. The molecule has 1 aliphatic carbocycles. The Morgan fingerprint density at radius 1 is 1.26 bits per heavy atom. The number of rotatable bonds is 3. The first-order valence-electron chi connectivity index (χ1n) is 10.7. The second kappa shape index (κ2) is 6.76. The molecule has 4 aromatic rings. The molecule has 1 spiro atoms. The highest BCUT2D eigenvalue weighted by Gasteiger charge is 2.46. The number of H-pyrrole nitrogens is 1. The van der Waals surface area contributed by atoms with Crippen LogP contribution in [0.25, 0.3) is 27.8 Å². The van der Waals surface area contributed by atoms with E-state index in [1.807, 2.05) is 40.0 Å². The molecule has 6 rings (SSSR count). The summed E-state index contributed by atoms with van der Waals surface area (Å²) < 4.78 is 1.90. The summed E-state index contributed by atoms with van der Waals surface area (Å²) in [6.45, 7) is 3.43. The SMILES string of the molecule is CC(=O)N1CCC2(CC1)CC(Nc1ncc3c(-c4ccc5nncn5c4)c[nH]c3n1)C2. The van der Waals surface area contributed by atoms with Crippen LogP contribution in [0.5, 0.6) is 0 Å². The molecule has 5 heterocycles. The van der Waals surface area contributed by atoms with Crippen molar-refractivity contribution in [3.63, 3.8) is 0 Å². The fourth-order valence-corrected chi connectivity index (χ4v) is 5.18. The van der Waals surface area contributed by atoms with Crippen molar-refractivity contribution in [2.75, 3.05) is 18.4 Å². The number of aromatic nitrogens is 6. The van der Waals surface area contributed by atoms with Crippen LogP contribution in [0.1, 0.15) is 32.6 Å². The van der Waals surface area contributed by atoms with Crippen molar-refractivity contribution in [3.05, 3.63) is 37.1 Å². The third-order valence-electron chi connectivity index (χ3n) is 7.00. The van der Waals surface area contributed by atoms with E-state index in [1.54, 1.807) is 13.3 Å². The summed E-state index contributed by atoms with van der Waals surface area (Å²) >= 11 is 0. The standard InChI is InChI=1S/C22H24N8O/c1-14(31)29-6-4-22(5-7-29)8-16(9-22)26-21-24-11-18-17(10-23-20(18)27-21)15-2-3-19-28-25-13-30(19)12-15/h2-3,10-13,16H,4-9H2,1H3,(H2,23,24,26,27). The first-order chi connectivity index (χ1) is 15.1. The van der Waals surface area contributed by atoms with E-state index >= 15 is 0 Å². The van der Waals surface area contributed by atoms with Gasteiger partial charge in [-0.05, 0) is 43.2 Å². The minimum atomic E-state index is 0.192. The van der Waals surface area contributed by atoms with Crippen LogP contribution in [0.4, 0.5) is 5.95 Å². The van der Waals surface area contributed by atoms with Crippen LogP contribution < -0.4 is 5.32 Å². The molecule has 2 N–H and O–H groups in total. The van der Waals surface area contributed by atoms with Crippen molar-refractivity contribution in [2.24, 2.45) is 5.41 Å². The van der Waals surface area contributed by atoms with Gasteiger partial charge in [0, 0.05) is 61.2 Å². The quantitative estimate of drug-likeness (QED) is 0.532. The van der Waals surface area contributed by atoms with E-state index in [-0.39, 0.29) is 5.91 Å². The van der Waals surface area contributed by atoms with E-state index < -0.39 is 0 Å². The average molecular weight is 416 g/mol. The molecule has 31 heavy (non-hydrogen) atoms. The summed E-state index contributed by atoms with van der Waals surface area (Å²) in [5.41, 5.74) is 4.13. The van der Waals surface area contributed by atoms with Crippen molar-refractivity contribution in [2.45, 2.75) is 38.6 Å². The first kappa shape index (κ1) is 18.3. The van der Waals surface area contributed by atoms with Crippen LogP contribution in [0.2, 0.25) is 0 Å². The molecule has 2 fully saturated rings. The Kier molecular flexibility index (Phi) is 3.99. The zero-order chi connectivity index (χ0) is 21.0. The molecule has 9 heteroatoms. The highest BCUT2D eigenvalue weighted by Crippen LogP contribution is 2.49. The van der Waals surface area contributed by atoms with Crippen molar-refractivity contribution in [3.8, 4) is 11.1 Å². The zero-order valence-electron chi connectivity index (χ0n) is 17.4. The van der Waals surface area contributed by atoms with Gasteiger partial charge in [0.25, 0.3) is 0 Å². The lowest BCUT2D eigenvalue weighted by Crippen LogP contribution is -2.52. The van der Waals surface area contributed by atoms with E-state index in [2.05, 4.69) is 25.5 Å². The monoisotopic (exact) mass is 416 g/mol. The molecule has 1 aliphatic heterocycles. The van der Waals surface area contributed by atoms with Gasteiger partial charge >= 0.3 is 0 Å². The zero-order valence-corrected chi connectivity index (χ0v) is 17.4. The summed E-state index contributed by atoms with van der Waals surface area (Å²) in [7, 11) is 0. The summed E-state index contributed by atoms with van der Waals surface area (Å²) in [5.74, 6) is 0.855. The molecule has 4 aromatic heterocycles. The molecule has 1 amide bonds. The lowest BCUT2D eigenvalue weighted by atomic mass is 9.60. The summed E-state index contributed by atoms with van der Waals surface area (Å²) in [6.07, 6.45) is 12.0. The van der Waals surface area contributed by atoms with Gasteiger partial charge in [-0.15, -0.1) is 10.2 Å². The van der Waals surface area contributed by atoms with Gasteiger partial charge in [0.15, 0.2) is 5.65 Å². The average Bonchev–Trinajstić information content (AvgIpc) is 3.39. The molecule has 1 saturated heterocycles. The predicted molar refractivity (Wildman–Crippen MR) is 116 cm³/mol. The topological polar surface area (TPSA) is 104 Å². The maximum absolute atomic E-state index is 11.6. The van der Waals surface area contributed by atoms with Gasteiger partial charge in [0.1, 0.15) is 12.0 Å². The number of hydrogen-bond donors (Lipinski definition) is 2. The first-order valence-corrected chi connectivity index (χ1v) is 10.7. The number of piperidine rings is 1. The third kappa shape index (κ3) is 3.11. The molecule has 0 radical (unpaired) electrons. The van der Waals surface area contributed by atoms with E-state index in [4.69, 9.17) is 4.98 Å². The number of amides is 1. The lowest BCUT2D eigenvalue weighted by molar-refractivity contribution is -0.132. The smallest absolute Gasteiger partial charge is 0.224 e. The number of nitrogens with zero attached hydrogens (tertiary/aromatic N) is 6. The van der Waals surface area contributed by atoms with Crippen molar-refractivity contribution in [1.82, 2.24) is 34.4 Å². The van der Waals surface area contributed by atoms with E-state index in [0.717, 1.165) is 66.6 Å². The Balaban J connectivity index is 1.15. The van der Waals surface area contributed by atoms with Gasteiger partial charge in [-0.3, -0.25) is 9.20 Å². The number of anilines is 1. The lowest BCUT2D eigenvalue weighted by Gasteiger charge is -2.52. The number of aromatic amines is 1. The third-order valence-corrected chi connectivity index (χ3v) is 7.00. The molecule has 1 saturated carbocycles. The summed E-state index contributed by atoms with van der Waals surface area (Å²) in [5, 5.41) is 12.5. The number of fused-ring (bicyclic) bond motifs is 2. The van der Waals surface area contributed by atoms with Crippen molar-refractivity contribution < 1.29 is 4.79 Å². The Hall–Kier alpha value is -3.49. The van der Waals surface area contributed by atoms with Gasteiger partial charge in [0.05, 0.1) is 0 Å². The van der Waals surface area contributed by atoms with Gasteiger partial charge in [-0.1, -0.05) is 0 Å². The van der Waals surface area contributed by atoms with Crippen molar-refractivity contribution in [1.29, 1.82) is 0 Å². The largest absolute Gasteiger partial charge is 0.351 e. The van der Waals surface area contributed by atoms with Gasteiger partial charge in [-0.25, -0.2) is 4.98 Å². The summed E-state index contributed by atoms with van der Waals surface area (Å²) in [6, 6.07) is 4.38. The summed E-state index contributed by atoms with van der Waals surface area (Å²) in [4.78, 5) is 26.1. The number of carbonyl (C=O) groups excluding carboxylic acids is 1. The molecular weight excluding hydrogens is 392 g/mol.